The first-order valence-corrected chi connectivity index (χ1v) is 7.76. The summed E-state index contributed by atoms with van der Waals surface area (Å²) in [6.45, 7) is 8.38. The zero-order valence-electron chi connectivity index (χ0n) is 12.3. The highest BCUT2D eigenvalue weighted by atomic mass is 32.1. The van der Waals surface area contributed by atoms with Crippen LogP contribution in [-0.4, -0.2) is 22.4 Å². The maximum atomic E-state index is 12.5. The molecule has 2 unspecified atom stereocenters. The van der Waals surface area contributed by atoms with Gasteiger partial charge in [-0.15, -0.1) is 11.3 Å². The Labute approximate surface area is 119 Å². The number of carbonyl (C=O) groups excluding carboxylic acids is 1. The van der Waals surface area contributed by atoms with Gasteiger partial charge in [0.05, 0.1) is 6.04 Å². The molecule has 2 rings (SSSR count). The summed E-state index contributed by atoms with van der Waals surface area (Å²) in [5, 5.41) is 0. The molecule has 2 N–H and O–H groups in total. The van der Waals surface area contributed by atoms with Crippen molar-refractivity contribution in [2.45, 2.75) is 64.6 Å². The van der Waals surface area contributed by atoms with Gasteiger partial charge in [-0.1, -0.05) is 0 Å². The zero-order valence-corrected chi connectivity index (χ0v) is 13.1. The molecule has 1 saturated heterocycles. The van der Waals surface area contributed by atoms with Gasteiger partial charge >= 0.3 is 0 Å². The van der Waals surface area contributed by atoms with E-state index in [1.807, 2.05) is 4.90 Å². The summed E-state index contributed by atoms with van der Waals surface area (Å²) in [6, 6.07) is 4.29. The molecule has 0 aromatic carbocycles. The lowest BCUT2D eigenvalue weighted by Crippen LogP contribution is -2.51. The van der Waals surface area contributed by atoms with Crippen molar-refractivity contribution in [2.75, 3.05) is 0 Å². The average molecular weight is 280 g/mol. The summed E-state index contributed by atoms with van der Waals surface area (Å²) in [6.07, 6.45) is 2.43. The van der Waals surface area contributed by atoms with Crippen molar-refractivity contribution < 1.29 is 4.79 Å². The van der Waals surface area contributed by atoms with E-state index in [4.69, 9.17) is 5.73 Å². The van der Waals surface area contributed by atoms with E-state index in [0.717, 1.165) is 12.8 Å². The smallest absolute Gasteiger partial charge is 0.223 e. The summed E-state index contributed by atoms with van der Waals surface area (Å²) >= 11 is 1.76. The number of likely N-dealkylation sites (tertiary alicyclic amines) is 1. The molecule has 1 fully saturated rings. The van der Waals surface area contributed by atoms with Crippen LogP contribution in [0.1, 0.15) is 55.8 Å². The highest BCUT2D eigenvalue weighted by Gasteiger charge is 2.39. The van der Waals surface area contributed by atoms with E-state index in [1.54, 1.807) is 11.3 Å². The van der Waals surface area contributed by atoms with Crippen molar-refractivity contribution in [3.05, 3.63) is 21.9 Å². The van der Waals surface area contributed by atoms with Gasteiger partial charge in [0.15, 0.2) is 0 Å². The van der Waals surface area contributed by atoms with Crippen LogP contribution in [0.25, 0.3) is 0 Å². The monoisotopic (exact) mass is 280 g/mol. The molecule has 0 spiro atoms. The van der Waals surface area contributed by atoms with E-state index < -0.39 is 0 Å². The lowest BCUT2D eigenvalue weighted by Gasteiger charge is -2.42. The third-order valence-electron chi connectivity index (χ3n) is 3.66. The maximum Gasteiger partial charge on any atom is 0.223 e. The number of hydrogen-bond acceptors (Lipinski definition) is 3. The molecule has 0 aliphatic carbocycles. The van der Waals surface area contributed by atoms with Crippen molar-refractivity contribution in [2.24, 2.45) is 5.73 Å². The quantitative estimate of drug-likeness (QED) is 0.858. The number of nitrogens with two attached hydrogens (primary N) is 1. The first-order valence-electron chi connectivity index (χ1n) is 6.95. The Kier molecular flexibility index (Phi) is 4.02. The topological polar surface area (TPSA) is 46.3 Å². The minimum absolute atomic E-state index is 0.0219. The Hall–Kier alpha value is -0.870. The molecule has 106 valence electrons. The largest absolute Gasteiger partial charge is 0.328 e. The van der Waals surface area contributed by atoms with Crippen LogP contribution in [-0.2, 0) is 4.79 Å². The number of nitrogens with zero attached hydrogens (tertiary/aromatic N) is 1. The lowest BCUT2D eigenvalue weighted by atomic mass is 9.97. The van der Waals surface area contributed by atoms with Crippen molar-refractivity contribution in [3.8, 4) is 0 Å². The van der Waals surface area contributed by atoms with Crippen LogP contribution in [0.2, 0.25) is 0 Å². The van der Waals surface area contributed by atoms with E-state index in [0.29, 0.717) is 6.42 Å². The van der Waals surface area contributed by atoms with E-state index >= 15 is 0 Å². The first kappa shape index (κ1) is 14.5. The van der Waals surface area contributed by atoms with E-state index in [-0.39, 0.29) is 23.5 Å². The SMILES string of the molecule is Cc1ccc(C2C(N)CCCC(=O)N2C(C)(C)C)s1. The number of carbonyl (C=O) groups is 1. The van der Waals surface area contributed by atoms with Crippen LogP contribution in [0.5, 0.6) is 0 Å². The van der Waals surface area contributed by atoms with Crippen molar-refractivity contribution in [1.29, 1.82) is 0 Å². The molecule has 0 radical (unpaired) electrons. The fourth-order valence-corrected chi connectivity index (χ4v) is 3.90. The van der Waals surface area contributed by atoms with Crippen molar-refractivity contribution >= 4 is 17.2 Å². The Morgan fingerprint density at radius 3 is 2.58 bits per heavy atom. The molecule has 1 aromatic rings. The molecule has 1 aromatic heterocycles. The summed E-state index contributed by atoms with van der Waals surface area (Å²) in [4.78, 5) is 17.0. The molecular weight excluding hydrogens is 256 g/mol. The second kappa shape index (κ2) is 5.25. The average Bonchev–Trinajstić information content (AvgIpc) is 2.63. The molecule has 0 saturated carbocycles. The molecule has 0 bridgehead atoms. The number of thiophene rings is 1. The normalized spacial score (nSPS) is 25.5. The van der Waals surface area contributed by atoms with Crippen LogP contribution < -0.4 is 5.73 Å². The molecule has 19 heavy (non-hydrogen) atoms. The fraction of sp³-hybridized carbons (Fsp3) is 0.667. The second-order valence-electron chi connectivity index (χ2n) is 6.38. The molecule has 4 heteroatoms. The van der Waals surface area contributed by atoms with Crippen LogP contribution in [0.4, 0.5) is 0 Å². The molecule has 2 atom stereocenters. The summed E-state index contributed by atoms with van der Waals surface area (Å²) < 4.78 is 0. The molecule has 3 nitrogen and oxygen atoms in total. The summed E-state index contributed by atoms with van der Waals surface area (Å²) in [5.41, 5.74) is 6.19. The number of rotatable bonds is 1. The summed E-state index contributed by atoms with van der Waals surface area (Å²) in [5.74, 6) is 0.233. The van der Waals surface area contributed by atoms with Crippen molar-refractivity contribution in [3.63, 3.8) is 0 Å². The predicted molar refractivity (Wildman–Crippen MR) is 80.2 cm³/mol. The predicted octanol–water partition coefficient (Wildman–Crippen LogP) is 3.24. The Morgan fingerprint density at radius 1 is 1.37 bits per heavy atom. The third-order valence-corrected chi connectivity index (χ3v) is 4.73. The minimum atomic E-state index is -0.193. The van der Waals surface area contributed by atoms with E-state index in [1.165, 1.54) is 9.75 Å². The Bertz CT molecular complexity index is 461. The van der Waals surface area contributed by atoms with Gasteiger partial charge in [0.1, 0.15) is 0 Å². The second-order valence-corrected chi connectivity index (χ2v) is 7.70. The van der Waals surface area contributed by atoms with E-state index in [9.17, 15) is 4.79 Å². The number of hydrogen-bond donors (Lipinski definition) is 1. The van der Waals surface area contributed by atoms with Crippen LogP contribution in [0.15, 0.2) is 12.1 Å². The van der Waals surface area contributed by atoms with Gasteiger partial charge in [0.25, 0.3) is 0 Å². The van der Waals surface area contributed by atoms with Gasteiger partial charge in [-0.3, -0.25) is 4.79 Å². The molecule has 1 amide bonds. The van der Waals surface area contributed by atoms with Gasteiger partial charge in [-0.2, -0.15) is 0 Å². The van der Waals surface area contributed by atoms with Gasteiger partial charge in [-0.25, -0.2) is 0 Å². The van der Waals surface area contributed by atoms with E-state index in [2.05, 4.69) is 39.8 Å². The van der Waals surface area contributed by atoms with Crippen LogP contribution >= 0.6 is 11.3 Å². The third kappa shape index (κ3) is 3.00. The maximum absolute atomic E-state index is 12.5. The van der Waals surface area contributed by atoms with Gasteiger partial charge in [-0.05, 0) is 52.7 Å². The molecule has 1 aliphatic heterocycles. The molecule has 1 aliphatic rings. The van der Waals surface area contributed by atoms with Crippen LogP contribution in [0, 0.1) is 6.92 Å². The van der Waals surface area contributed by atoms with Gasteiger partial charge in [0, 0.05) is 27.8 Å². The van der Waals surface area contributed by atoms with Gasteiger partial charge < -0.3 is 10.6 Å². The standard InChI is InChI=1S/C15H24N2OS/c1-10-8-9-12(19-10)14-11(16)6-5-7-13(18)17(14)15(2,3)4/h8-9,11,14H,5-7,16H2,1-4H3. The number of aryl methyl sites for hydroxylation is 1. The van der Waals surface area contributed by atoms with Crippen LogP contribution in [0.3, 0.4) is 0 Å². The Morgan fingerprint density at radius 2 is 2.05 bits per heavy atom. The highest BCUT2D eigenvalue weighted by Crippen LogP contribution is 2.38. The first-order chi connectivity index (χ1) is 8.80. The minimum Gasteiger partial charge on any atom is -0.328 e. The highest BCUT2D eigenvalue weighted by molar-refractivity contribution is 7.12. The zero-order chi connectivity index (χ0) is 14.2. The summed E-state index contributed by atoms with van der Waals surface area (Å²) in [7, 11) is 0. The Balaban J connectivity index is 2.45. The molecule has 2 heterocycles. The van der Waals surface area contributed by atoms with Crippen molar-refractivity contribution in [1.82, 2.24) is 4.90 Å². The fourth-order valence-electron chi connectivity index (χ4n) is 2.86. The molecular formula is C15H24N2OS. The van der Waals surface area contributed by atoms with Gasteiger partial charge in [0.2, 0.25) is 5.91 Å². The number of amides is 1. The lowest BCUT2D eigenvalue weighted by molar-refractivity contribution is -0.138.